The zero-order valence-electron chi connectivity index (χ0n) is 19.4. The highest BCUT2D eigenvalue weighted by atomic mass is 16.3. The Kier molecular flexibility index (Phi) is 6.40. The van der Waals surface area contributed by atoms with Gasteiger partial charge in [-0.2, -0.15) is 5.11 Å². The fraction of sp³-hybridized carbons (Fsp3) is 0.0714. The van der Waals surface area contributed by atoms with Crippen LogP contribution in [0.25, 0.3) is 10.8 Å². The van der Waals surface area contributed by atoms with Crippen LogP contribution >= 0.6 is 0 Å². The van der Waals surface area contributed by atoms with Gasteiger partial charge in [0, 0.05) is 17.8 Å². The minimum Gasteiger partial charge on any atom is -0.508 e. The molecule has 178 valence electrons. The van der Waals surface area contributed by atoms with Gasteiger partial charge in [-0.05, 0) is 66.0 Å². The molecule has 5 rings (SSSR count). The van der Waals surface area contributed by atoms with Gasteiger partial charge >= 0.3 is 0 Å². The molecular formula is C28H24N6O2. The highest BCUT2D eigenvalue weighted by molar-refractivity contribution is 5.96. The third-order valence-corrected chi connectivity index (χ3v) is 5.73. The van der Waals surface area contributed by atoms with Gasteiger partial charge in [0.25, 0.3) is 0 Å². The predicted octanol–water partition coefficient (Wildman–Crippen LogP) is 6.25. The van der Waals surface area contributed by atoms with Crippen molar-refractivity contribution in [2.75, 3.05) is 10.6 Å². The molecule has 0 fully saturated rings. The number of aromatic nitrogens is 2. The number of pyridine rings is 2. The number of nitrogens with zero attached hydrogens (tertiary/aromatic N) is 5. The number of anilines is 2. The Balaban J connectivity index is 1.45. The van der Waals surface area contributed by atoms with Gasteiger partial charge < -0.3 is 20.8 Å². The second kappa shape index (κ2) is 10.1. The topological polar surface area (TPSA) is 120 Å². The zero-order valence-corrected chi connectivity index (χ0v) is 19.4. The Morgan fingerprint density at radius 1 is 0.750 bits per heavy atom. The summed E-state index contributed by atoms with van der Waals surface area (Å²) in [7, 11) is 0. The summed E-state index contributed by atoms with van der Waals surface area (Å²) in [5, 5.41) is 30.2. The molecule has 5 aromatic rings. The van der Waals surface area contributed by atoms with E-state index in [9.17, 15) is 10.2 Å². The van der Waals surface area contributed by atoms with E-state index in [0.717, 1.165) is 22.5 Å². The number of phenols is 2. The smallest absolute Gasteiger partial charge is 0.143 e. The lowest BCUT2D eigenvalue weighted by atomic mass is 10.1. The predicted molar refractivity (Wildman–Crippen MR) is 141 cm³/mol. The Labute approximate surface area is 208 Å². The molecule has 4 N–H and O–H groups in total. The summed E-state index contributed by atoms with van der Waals surface area (Å²) in [6, 6.07) is 25.3. The summed E-state index contributed by atoms with van der Waals surface area (Å²) < 4.78 is 0. The zero-order chi connectivity index (χ0) is 24.9. The van der Waals surface area contributed by atoms with Gasteiger partial charge in [-0.15, -0.1) is 5.11 Å². The summed E-state index contributed by atoms with van der Waals surface area (Å²) in [6.45, 7) is 1.10. The maximum absolute atomic E-state index is 10.4. The van der Waals surface area contributed by atoms with Crippen LogP contribution in [0.3, 0.4) is 0 Å². The molecule has 0 saturated carbocycles. The largest absolute Gasteiger partial charge is 0.508 e. The number of rotatable bonds is 7. The lowest BCUT2D eigenvalue weighted by Gasteiger charge is -2.25. The molecule has 3 aromatic carbocycles. The van der Waals surface area contributed by atoms with E-state index < -0.39 is 0 Å². The van der Waals surface area contributed by atoms with E-state index in [2.05, 4.69) is 25.1 Å². The van der Waals surface area contributed by atoms with Gasteiger partial charge in [0.05, 0.1) is 41.5 Å². The monoisotopic (exact) mass is 476 g/mol. The van der Waals surface area contributed by atoms with Crippen LogP contribution in [-0.4, -0.2) is 20.2 Å². The Hall–Kier alpha value is -4.98. The van der Waals surface area contributed by atoms with Crippen molar-refractivity contribution in [2.24, 2.45) is 10.2 Å². The molecule has 0 unspecified atom stereocenters. The minimum absolute atomic E-state index is 0.0293. The van der Waals surface area contributed by atoms with Crippen LogP contribution in [0.2, 0.25) is 0 Å². The third kappa shape index (κ3) is 5.07. The van der Waals surface area contributed by atoms with Crippen molar-refractivity contribution in [1.82, 2.24) is 9.97 Å². The van der Waals surface area contributed by atoms with E-state index in [-0.39, 0.29) is 17.2 Å². The van der Waals surface area contributed by atoms with Crippen LogP contribution in [0.1, 0.15) is 11.4 Å². The normalized spacial score (nSPS) is 11.2. The molecule has 36 heavy (non-hydrogen) atoms. The second-order valence-corrected chi connectivity index (χ2v) is 8.28. The number of nitrogen functional groups attached to an aromatic ring is 1. The van der Waals surface area contributed by atoms with Crippen LogP contribution in [0, 0.1) is 0 Å². The Bertz CT molecular complexity index is 1480. The van der Waals surface area contributed by atoms with Crippen LogP contribution in [0.5, 0.6) is 11.5 Å². The molecule has 0 amide bonds. The van der Waals surface area contributed by atoms with E-state index in [1.165, 1.54) is 0 Å². The summed E-state index contributed by atoms with van der Waals surface area (Å²) in [6.07, 6.45) is 3.53. The van der Waals surface area contributed by atoms with Gasteiger partial charge in [-0.3, -0.25) is 9.97 Å². The van der Waals surface area contributed by atoms with Gasteiger partial charge in [0.1, 0.15) is 17.2 Å². The summed E-state index contributed by atoms with van der Waals surface area (Å²) in [5.74, 6) is 0.0531. The van der Waals surface area contributed by atoms with Crippen molar-refractivity contribution >= 4 is 33.5 Å². The molecule has 0 aliphatic carbocycles. The highest BCUT2D eigenvalue weighted by Gasteiger charge is 2.14. The van der Waals surface area contributed by atoms with Gasteiger partial charge in [0.2, 0.25) is 0 Å². The fourth-order valence-corrected chi connectivity index (χ4v) is 3.99. The number of azo groups is 1. The van der Waals surface area contributed by atoms with Crippen LogP contribution < -0.4 is 10.6 Å². The molecule has 8 nitrogen and oxygen atoms in total. The standard InChI is InChI=1S/C28H24N6O2/c29-25-15-20(32-33-28-24-16-23(35)10-7-19(24)8-12-27(28)36)9-11-26(25)34(17-21-5-1-3-13-30-21)18-22-6-2-4-14-31-22/h1-16,35-36H,17-18,29H2. The SMILES string of the molecule is Nc1cc(N=Nc2c(O)ccc3ccc(O)cc23)ccc1N(Cc1ccccn1)Cc1ccccn1. The molecule has 0 bridgehead atoms. The number of benzene rings is 3. The number of hydrogen-bond donors (Lipinski definition) is 3. The first-order valence-corrected chi connectivity index (χ1v) is 11.4. The van der Waals surface area contributed by atoms with Gasteiger partial charge in [-0.1, -0.05) is 24.3 Å². The Morgan fingerprint density at radius 3 is 2.08 bits per heavy atom. The lowest BCUT2D eigenvalue weighted by Crippen LogP contribution is -2.24. The number of hydrogen-bond acceptors (Lipinski definition) is 8. The molecule has 0 saturated heterocycles. The molecule has 2 heterocycles. The second-order valence-electron chi connectivity index (χ2n) is 8.28. The minimum atomic E-state index is -0.0293. The van der Waals surface area contributed by atoms with Gasteiger partial charge in [-0.25, -0.2) is 0 Å². The van der Waals surface area contributed by atoms with E-state index >= 15 is 0 Å². The number of nitrogens with two attached hydrogens (primary N) is 1. The summed E-state index contributed by atoms with van der Waals surface area (Å²) >= 11 is 0. The molecule has 0 spiro atoms. The molecule has 2 aromatic heterocycles. The number of phenolic OH excluding ortho intramolecular Hbond substituents is 2. The maximum Gasteiger partial charge on any atom is 0.143 e. The van der Waals surface area contributed by atoms with Crippen molar-refractivity contribution in [2.45, 2.75) is 13.1 Å². The van der Waals surface area contributed by atoms with E-state index in [1.54, 1.807) is 48.8 Å². The average Bonchev–Trinajstić information content (AvgIpc) is 2.89. The average molecular weight is 477 g/mol. The van der Waals surface area contributed by atoms with E-state index in [0.29, 0.717) is 29.9 Å². The molecule has 0 radical (unpaired) electrons. The summed E-state index contributed by atoms with van der Waals surface area (Å²) in [5.41, 5.74) is 10.4. The van der Waals surface area contributed by atoms with Crippen molar-refractivity contribution in [1.29, 1.82) is 0 Å². The molecule has 8 heteroatoms. The molecule has 0 atom stereocenters. The van der Waals surface area contributed by atoms with Gasteiger partial charge in [0.15, 0.2) is 0 Å². The van der Waals surface area contributed by atoms with E-state index in [1.807, 2.05) is 48.5 Å². The fourth-order valence-electron chi connectivity index (χ4n) is 3.99. The van der Waals surface area contributed by atoms with Crippen LogP contribution in [0.15, 0.2) is 108 Å². The van der Waals surface area contributed by atoms with Crippen LogP contribution in [0.4, 0.5) is 22.7 Å². The van der Waals surface area contributed by atoms with Crippen molar-refractivity contribution in [3.63, 3.8) is 0 Å². The van der Waals surface area contributed by atoms with Crippen molar-refractivity contribution < 1.29 is 10.2 Å². The highest BCUT2D eigenvalue weighted by Crippen LogP contribution is 2.38. The maximum atomic E-state index is 10.4. The molecule has 0 aliphatic rings. The molecular weight excluding hydrogens is 452 g/mol. The number of aromatic hydroxyl groups is 2. The summed E-state index contributed by atoms with van der Waals surface area (Å²) in [4.78, 5) is 11.0. The quantitative estimate of drug-likeness (QED) is 0.189. The first-order valence-electron chi connectivity index (χ1n) is 11.4. The third-order valence-electron chi connectivity index (χ3n) is 5.73. The first kappa shape index (κ1) is 22.8. The Morgan fingerprint density at radius 2 is 1.44 bits per heavy atom. The van der Waals surface area contributed by atoms with E-state index in [4.69, 9.17) is 5.73 Å². The lowest BCUT2D eigenvalue weighted by molar-refractivity contribution is 0.475. The van der Waals surface area contributed by atoms with Crippen molar-refractivity contribution in [3.8, 4) is 11.5 Å². The van der Waals surface area contributed by atoms with Crippen molar-refractivity contribution in [3.05, 3.63) is 109 Å². The first-order chi connectivity index (χ1) is 17.6. The van der Waals surface area contributed by atoms with Crippen LogP contribution in [-0.2, 0) is 13.1 Å². The number of fused-ring (bicyclic) bond motifs is 1. The molecule has 0 aliphatic heterocycles.